The maximum atomic E-state index is 13.7. The predicted molar refractivity (Wildman–Crippen MR) is 77.3 cm³/mol. The summed E-state index contributed by atoms with van der Waals surface area (Å²) in [6.45, 7) is 1.85. The van der Waals surface area contributed by atoms with Gasteiger partial charge in [0.1, 0.15) is 5.82 Å². The molecule has 0 aliphatic carbocycles. The SMILES string of the molecule is CC(NC1CCCS(=O)(=O)C1)c1cc(Br)ccc1F. The molecule has 1 aliphatic heterocycles. The van der Waals surface area contributed by atoms with Gasteiger partial charge in [0.2, 0.25) is 0 Å². The van der Waals surface area contributed by atoms with Crippen LogP contribution in [0.1, 0.15) is 31.4 Å². The first-order valence-electron chi connectivity index (χ1n) is 6.29. The highest BCUT2D eigenvalue weighted by Gasteiger charge is 2.26. The van der Waals surface area contributed by atoms with E-state index in [-0.39, 0.29) is 29.4 Å². The zero-order chi connectivity index (χ0) is 14.0. The Labute approximate surface area is 121 Å². The Morgan fingerprint density at radius 2 is 2.21 bits per heavy atom. The van der Waals surface area contributed by atoms with E-state index in [4.69, 9.17) is 0 Å². The van der Waals surface area contributed by atoms with Crippen LogP contribution in [-0.2, 0) is 9.84 Å². The quantitative estimate of drug-likeness (QED) is 0.912. The predicted octanol–water partition coefficient (Wildman–Crippen LogP) is 2.82. The van der Waals surface area contributed by atoms with E-state index in [0.29, 0.717) is 12.0 Å². The van der Waals surface area contributed by atoms with Gasteiger partial charge in [-0.05, 0) is 38.0 Å². The highest BCUT2D eigenvalue weighted by Crippen LogP contribution is 2.23. The van der Waals surface area contributed by atoms with Gasteiger partial charge < -0.3 is 5.32 Å². The molecule has 1 aliphatic rings. The molecule has 0 aromatic heterocycles. The van der Waals surface area contributed by atoms with Crippen molar-refractivity contribution in [3.63, 3.8) is 0 Å². The van der Waals surface area contributed by atoms with Gasteiger partial charge in [0, 0.05) is 22.1 Å². The fourth-order valence-electron chi connectivity index (χ4n) is 2.44. The van der Waals surface area contributed by atoms with Crippen molar-refractivity contribution in [3.05, 3.63) is 34.1 Å². The van der Waals surface area contributed by atoms with Crippen molar-refractivity contribution >= 4 is 25.8 Å². The zero-order valence-corrected chi connectivity index (χ0v) is 13.1. The molecule has 0 radical (unpaired) electrons. The third-order valence-electron chi connectivity index (χ3n) is 3.37. The van der Waals surface area contributed by atoms with Crippen LogP contribution in [0.15, 0.2) is 22.7 Å². The number of hydrogen-bond acceptors (Lipinski definition) is 3. The molecule has 2 unspecified atom stereocenters. The summed E-state index contributed by atoms with van der Waals surface area (Å²) < 4.78 is 37.7. The number of halogens is 2. The first-order chi connectivity index (χ1) is 8.87. The molecule has 106 valence electrons. The van der Waals surface area contributed by atoms with E-state index in [9.17, 15) is 12.8 Å². The highest BCUT2D eigenvalue weighted by atomic mass is 79.9. The molecule has 1 saturated heterocycles. The summed E-state index contributed by atoms with van der Waals surface area (Å²) in [5.74, 6) is 0.138. The molecule has 0 spiro atoms. The summed E-state index contributed by atoms with van der Waals surface area (Å²) in [4.78, 5) is 0. The van der Waals surface area contributed by atoms with E-state index < -0.39 is 9.84 Å². The second-order valence-corrected chi connectivity index (χ2v) is 8.15. The normalized spacial score (nSPS) is 24.1. The second-order valence-electron chi connectivity index (χ2n) is 5.01. The summed E-state index contributed by atoms with van der Waals surface area (Å²) in [5.41, 5.74) is 0.553. The lowest BCUT2D eigenvalue weighted by Gasteiger charge is -2.27. The van der Waals surface area contributed by atoms with E-state index >= 15 is 0 Å². The summed E-state index contributed by atoms with van der Waals surface area (Å²) in [7, 11) is -2.94. The van der Waals surface area contributed by atoms with Crippen LogP contribution >= 0.6 is 15.9 Å². The second kappa shape index (κ2) is 5.89. The van der Waals surface area contributed by atoms with Gasteiger partial charge in [-0.25, -0.2) is 12.8 Å². The molecule has 0 bridgehead atoms. The Hall–Kier alpha value is -0.460. The fraction of sp³-hybridized carbons (Fsp3) is 0.538. The van der Waals surface area contributed by atoms with Crippen molar-refractivity contribution < 1.29 is 12.8 Å². The van der Waals surface area contributed by atoms with Crippen LogP contribution in [0.3, 0.4) is 0 Å². The van der Waals surface area contributed by atoms with Crippen molar-refractivity contribution in [1.29, 1.82) is 0 Å². The summed E-state index contributed by atoms with van der Waals surface area (Å²) >= 11 is 3.32. The number of sulfone groups is 1. The molecule has 19 heavy (non-hydrogen) atoms. The molecule has 1 heterocycles. The summed E-state index contributed by atoms with van der Waals surface area (Å²) in [5, 5.41) is 3.22. The average molecular weight is 350 g/mol. The molecule has 0 amide bonds. The van der Waals surface area contributed by atoms with Crippen LogP contribution in [-0.4, -0.2) is 26.0 Å². The topological polar surface area (TPSA) is 46.2 Å². The van der Waals surface area contributed by atoms with Gasteiger partial charge in [0.05, 0.1) is 11.5 Å². The molecule has 1 aromatic rings. The Morgan fingerprint density at radius 1 is 1.47 bits per heavy atom. The van der Waals surface area contributed by atoms with Crippen molar-refractivity contribution in [1.82, 2.24) is 5.32 Å². The average Bonchev–Trinajstić information content (AvgIpc) is 2.31. The molecule has 3 nitrogen and oxygen atoms in total. The van der Waals surface area contributed by atoms with Crippen molar-refractivity contribution in [2.75, 3.05) is 11.5 Å². The van der Waals surface area contributed by atoms with E-state index in [1.54, 1.807) is 12.1 Å². The molecule has 6 heteroatoms. The zero-order valence-electron chi connectivity index (χ0n) is 10.7. The molecule has 1 N–H and O–H groups in total. The van der Waals surface area contributed by atoms with Gasteiger partial charge in [-0.15, -0.1) is 0 Å². The Morgan fingerprint density at radius 3 is 2.89 bits per heavy atom. The Bertz CT molecular complexity index is 562. The van der Waals surface area contributed by atoms with Crippen molar-refractivity contribution in [2.45, 2.75) is 31.8 Å². The number of benzene rings is 1. The van der Waals surface area contributed by atoms with Gasteiger partial charge >= 0.3 is 0 Å². The minimum Gasteiger partial charge on any atom is -0.306 e. The smallest absolute Gasteiger partial charge is 0.151 e. The molecule has 1 aromatic carbocycles. The van der Waals surface area contributed by atoms with Gasteiger partial charge in [-0.3, -0.25) is 0 Å². The van der Waals surface area contributed by atoms with E-state index in [2.05, 4.69) is 21.2 Å². The lowest BCUT2D eigenvalue weighted by Crippen LogP contribution is -2.41. The van der Waals surface area contributed by atoms with Crippen LogP contribution in [0, 0.1) is 5.82 Å². The molecule has 2 atom stereocenters. The Kier molecular flexibility index (Phi) is 4.63. The van der Waals surface area contributed by atoms with Crippen LogP contribution in [0.4, 0.5) is 4.39 Å². The maximum Gasteiger partial charge on any atom is 0.151 e. The largest absolute Gasteiger partial charge is 0.306 e. The Balaban J connectivity index is 2.08. The standard InChI is InChI=1S/C13H17BrFNO2S/c1-9(12-7-10(14)4-5-13(12)15)16-11-3-2-6-19(17,18)8-11/h4-5,7,9,11,16H,2-3,6,8H2,1H3. The van der Waals surface area contributed by atoms with Gasteiger partial charge in [-0.2, -0.15) is 0 Å². The first kappa shape index (κ1) is 14.9. The maximum absolute atomic E-state index is 13.7. The fourth-order valence-corrected chi connectivity index (χ4v) is 4.47. The molecule has 1 fully saturated rings. The summed E-state index contributed by atoms with van der Waals surface area (Å²) in [6.07, 6.45) is 1.49. The number of rotatable bonds is 3. The van der Waals surface area contributed by atoms with Crippen molar-refractivity contribution in [3.8, 4) is 0 Å². The van der Waals surface area contributed by atoms with E-state index in [0.717, 1.165) is 10.9 Å². The van der Waals surface area contributed by atoms with Crippen LogP contribution < -0.4 is 5.32 Å². The molecular formula is C13H17BrFNO2S. The van der Waals surface area contributed by atoms with Crippen LogP contribution in [0.2, 0.25) is 0 Å². The minimum atomic E-state index is -2.94. The monoisotopic (exact) mass is 349 g/mol. The third-order valence-corrected chi connectivity index (χ3v) is 5.69. The van der Waals surface area contributed by atoms with Crippen molar-refractivity contribution in [2.24, 2.45) is 0 Å². The minimum absolute atomic E-state index is 0.0906. The van der Waals surface area contributed by atoms with Gasteiger partial charge in [0.25, 0.3) is 0 Å². The first-order valence-corrected chi connectivity index (χ1v) is 8.90. The highest BCUT2D eigenvalue weighted by molar-refractivity contribution is 9.10. The molecule has 0 saturated carbocycles. The number of hydrogen-bond donors (Lipinski definition) is 1. The number of nitrogens with one attached hydrogen (secondary N) is 1. The van der Waals surface area contributed by atoms with Gasteiger partial charge in [-0.1, -0.05) is 15.9 Å². The third kappa shape index (κ3) is 4.00. The lowest BCUT2D eigenvalue weighted by atomic mass is 10.1. The van der Waals surface area contributed by atoms with E-state index in [1.165, 1.54) is 6.07 Å². The van der Waals surface area contributed by atoms with Crippen LogP contribution in [0.5, 0.6) is 0 Å². The van der Waals surface area contributed by atoms with Crippen LogP contribution in [0.25, 0.3) is 0 Å². The van der Waals surface area contributed by atoms with Gasteiger partial charge in [0.15, 0.2) is 9.84 Å². The molecular weight excluding hydrogens is 333 g/mol. The summed E-state index contributed by atoms with van der Waals surface area (Å²) in [6, 6.07) is 4.49. The molecule has 2 rings (SSSR count). The van der Waals surface area contributed by atoms with E-state index in [1.807, 2.05) is 6.92 Å². The lowest BCUT2D eigenvalue weighted by molar-refractivity contribution is 0.428.